The highest BCUT2D eigenvalue weighted by molar-refractivity contribution is 6.30. The number of hydrogen-bond acceptors (Lipinski definition) is 5. The van der Waals surface area contributed by atoms with Gasteiger partial charge in [0.25, 0.3) is 5.56 Å². The van der Waals surface area contributed by atoms with Gasteiger partial charge < -0.3 is 9.84 Å². The first kappa shape index (κ1) is 21.1. The normalized spacial score (nSPS) is 11.1. The van der Waals surface area contributed by atoms with Gasteiger partial charge in [-0.05, 0) is 36.4 Å². The molecule has 0 bridgehead atoms. The number of aromatic nitrogens is 2. The molecule has 0 atom stereocenters. The maximum absolute atomic E-state index is 13.3. The molecule has 1 heterocycles. The highest BCUT2D eigenvalue weighted by atomic mass is 35.5. The third kappa shape index (κ3) is 3.93. The van der Waals surface area contributed by atoms with Gasteiger partial charge in [-0.3, -0.25) is 9.79 Å². The van der Waals surface area contributed by atoms with E-state index >= 15 is 0 Å². The minimum absolute atomic E-state index is 0.158. The fourth-order valence-electron chi connectivity index (χ4n) is 3.23. The van der Waals surface area contributed by atoms with E-state index < -0.39 is 17.1 Å². The van der Waals surface area contributed by atoms with E-state index in [1.54, 1.807) is 78.9 Å². The topological polar surface area (TPSA) is 85.8 Å². The van der Waals surface area contributed by atoms with Crippen LogP contribution in [0.2, 0.25) is 5.02 Å². The van der Waals surface area contributed by atoms with Gasteiger partial charge in [0.15, 0.2) is 0 Å². The van der Waals surface area contributed by atoms with Gasteiger partial charge in [-0.2, -0.15) is 0 Å². The summed E-state index contributed by atoms with van der Waals surface area (Å²) in [6.07, 6.45) is 1.21. The molecule has 1 aromatic heterocycles. The predicted octanol–water partition coefficient (Wildman–Crippen LogP) is 4.11. The Bertz CT molecular complexity index is 1410. The molecular weight excluding hydrogens is 430 g/mol. The Morgan fingerprint density at radius 1 is 0.906 bits per heavy atom. The van der Waals surface area contributed by atoms with E-state index in [9.17, 15) is 14.7 Å². The molecule has 0 aliphatic heterocycles. The number of ether oxygens (including phenoxy) is 1. The third-order valence-corrected chi connectivity index (χ3v) is 5.01. The maximum atomic E-state index is 13.3. The van der Waals surface area contributed by atoms with E-state index in [0.717, 1.165) is 9.13 Å². The molecular formula is C24H18ClN3O4. The van der Waals surface area contributed by atoms with Crippen LogP contribution in [0.1, 0.15) is 5.56 Å². The molecule has 0 saturated carbocycles. The van der Waals surface area contributed by atoms with Crippen LogP contribution in [-0.2, 0) is 0 Å². The number of rotatable bonds is 5. The number of aromatic hydroxyl groups is 1. The van der Waals surface area contributed by atoms with Crippen LogP contribution >= 0.6 is 11.6 Å². The first-order valence-corrected chi connectivity index (χ1v) is 9.98. The van der Waals surface area contributed by atoms with E-state index in [1.165, 1.54) is 13.3 Å². The molecule has 1 N–H and O–H groups in total. The third-order valence-electron chi connectivity index (χ3n) is 4.77. The SMILES string of the molecule is COc1cc(Cl)ccc1N=Cc1c(O)n(-c2ccccc2)c(=O)n(-c2ccccc2)c1=O. The number of hydrogen-bond donors (Lipinski definition) is 1. The largest absolute Gasteiger partial charge is 0.494 e. The average molecular weight is 448 g/mol. The number of benzene rings is 3. The van der Waals surface area contributed by atoms with Crippen molar-refractivity contribution in [2.45, 2.75) is 0 Å². The summed E-state index contributed by atoms with van der Waals surface area (Å²) < 4.78 is 7.34. The summed E-state index contributed by atoms with van der Waals surface area (Å²) in [6.45, 7) is 0. The molecule has 0 unspecified atom stereocenters. The minimum Gasteiger partial charge on any atom is -0.494 e. The zero-order valence-electron chi connectivity index (χ0n) is 17.0. The van der Waals surface area contributed by atoms with Crippen molar-refractivity contribution >= 4 is 23.5 Å². The lowest BCUT2D eigenvalue weighted by Gasteiger charge is -2.14. The van der Waals surface area contributed by atoms with Gasteiger partial charge in [-0.1, -0.05) is 48.0 Å². The van der Waals surface area contributed by atoms with Crippen molar-refractivity contribution in [1.29, 1.82) is 0 Å². The fourth-order valence-corrected chi connectivity index (χ4v) is 3.40. The van der Waals surface area contributed by atoms with Crippen LogP contribution in [-0.4, -0.2) is 27.6 Å². The maximum Gasteiger partial charge on any atom is 0.343 e. The van der Waals surface area contributed by atoms with E-state index in [1.807, 2.05) is 0 Å². The number of aliphatic imine (C=N–C) groups is 1. The summed E-state index contributed by atoms with van der Waals surface area (Å²) in [5, 5.41) is 11.4. The Hall–Kier alpha value is -4.10. The molecule has 4 rings (SSSR count). The second-order valence-electron chi connectivity index (χ2n) is 6.74. The van der Waals surface area contributed by atoms with Crippen LogP contribution in [0.25, 0.3) is 11.4 Å². The highest BCUT2D eigenvalue weighted by Crippen LogP contribution is 2.30. The van der Waals surface area contributed by atoms with Crippen molar-refractivity contribution in [2.24, 2.45) is 4.99 Å². The molecule has 0 fully saturated rings. The van der Waals surface area contributed by atoms with Crippen molar-refractivity contribution in [2.75, 3.05) is 7.11 Å². The summed E-state index contributed by atoms with van der Waals surface area (Å²) in [4.78, 5) is 30.8. The minimum atomic E-state index is -0.706. The molecule has 32 heavy (non-hydrogen) atoms. The molecule has 0 amide bonds. The fraction of sp³-hybridized carbons (Fsp3) is 0.0417. The summed E-state index contributed by atoms with van der Waals surface area (Å²) in [5.41, 5.74) is -0.397. The number of para-hydroxylation sites is 2. The molecule has 0 aliphatic carbocycles. The highest BCUT2D eigenvalue weighted by Gasteiger charge is 2.20. The van der Waals surface area contributed by atoms with Crippen LogP contribution in [0.5, 0.6) is 11.6 Å². The quantitative estimate of drug-likeness (QED) is 0.466. The Morgan fingerprint density at radius 3 is 2.09 bits per heavy atom. The molecule has 4 aromatic rings. The molecule has 0 aliphatic rings. The van der Waals surface area contributed by atoms with Crippen LogP contribution in [0.3, 0.4) is 0 Å². The predicted molar refractivity (Wildman–Crippen MR) is 125 cm³/mol. The van der Waals surface area contributed by atoms with Gasteiger partial charge >= 0.3 is 5.69 Å². The lowest BCUT2D eigenvalue weighted by Crippen LogP contribution is -2.40. The van der Waals surface area contributed by atoms with Gasteiger partial charge in [-0.25, -0.2) is 13.9 Å². The lowest BCUT2D eigenvalue weighted by molar-refractivity contribution is 0.416. The molecule has 3 aromatic carbocycles. The molecule has 160 valence electrons. The molecule has 0 radical (unpaired) electrons. The molecule has 8 heteroatoms. The van der Waals surface area contributed by atoms with Crippen molar-refractivity contribution in [3.05, 3.63) is 110 Å². The van der Waals surface area contributed by atoms with E-state index in [0.29, 0.717) is 27.8 Å². The van der Waals surface area contributed by atoms with E-state index in [2.05, 4.69) is 4.99 Å². The lowest BCUT2D eigenvalue weighted by atomic mass is 10.2. The van der Waals surface area contributed by atoms with Crippen LogP contribution < -0.4 is 16.0 Å². The van der Waals surface area contributed by atoms with Gasteiger partial charge in [0.2, 0.25) is 5.88 Å². The Labute approximate surface area is 188 Å². The smallest absolute Gasteiger partial charge is 0.343 e. The van der Waals surface area contributed by atoms with Gasteiger partial charge in [-0.15, -0.1) is 0 Å². The molecule has 0 saturated heterocycles. The number of methoxy groups -OCH3 is 1. The standard InChI is InChI=1S/C24H18ClN3O4/c1-32-21-14-16(25)12-13-20(21)26-15-19-22(29)27(17-8-4-2-5-9-17)24(31)28(23(19)30)18-10-6-3-7-11-18/h2-15,29H,1H3. The summed E-state index contributed by atoms with van der Waals surface area (Å²) in [6, 6.07) is 21.9. The first-order chi connectivity index (χ1) is 15.5. The molecule has 0 spiro atoms. The first-order valence-electron chi connectivity index (χ1n) is 9.60. The van der Waals surface area contributed by atoms with Gasteiger partial charge in [0.1, 0.15) is 17.0 Å². The number of nitrogens with zero attached hydrogens (tertiary/aromatic N) is 3. The van der Waals surface area contributed by atoms with E-state index in [4.69, 9.17) is 16.3 Å². The zero-order valence-corrected chi connectivity index (χ0v) is 17.7. The second kappa shape index (κ2) is 8.95. The van der Waals surface area contributed by atoms with Crippen molar-refractivity contribution in [3.8, 4) is 23.0 Å². The van der Waals surface area contributed by atoms with Crippen LogP contribution in [0.4, 0.5) is 5.69 Å². The van der Waals surface area contributed by atoms with Crippen molar-refractivity contribution in [1.82, 2.24) is 9.13 Å². The van der Waals surface area contributed by atoms with Gasteiger partial charge in [0.05, 0.1) is 18.5 Å². The summed E-state index contributed by atoms with van der Waals surface area (Å²) >= 11 is 5.99. The van der Waals surface area contributed by atoms with Gasteiger partial charge in [0, 0.05) is 17.3 Å². The Balaban J connectivity index is 1.99. The van der Waals surface area contributed by atoms with Crippen molar-refractivity contribution in [3.63, 3.8) is 0 Å². The summed E-state index contributed by atoms with van der Waals surface area (Å²) in [7, 11) is 1.47. The van der Waals surface area contributed by atoms with Crippen molar-refractivity contribution < 1.29 is 9.84 Å². The Kier molecular flexibility index (Phi) is 5.91. The Morgan fingerprint density at radius 2 is 1.50 bits per heavy atom. The van der Waals surface area contributed by atoms with E-state index in [-0.39, 0.29) is 5.56 Å². The van der Waals surface area contributed by atoms with Crippen LogP contribution in [0, 0.1) is 0 Å². The van der Waals surface area contributed by atoms with Crippen LogP contribution in [0.15, 0.2) is 93.4 Å². The average Bonchev–Trinajstić information content (AvgIpc) is 2.81. The monoisotopic (exact) mass is 447 g/mol. The molecule has 7 nitrogen and oxygen atoms in total. The second-order valence-corrected chi connectivity index (χ2v) is 7.18. The zero-order chi connectivity index (χ0) is 22.7. The number of halogens is 1. The summed E-state index contributed by atoms with van der Waals surface area (Å²) in [5.74, 6) is -0.122.